The van der Waals surface area contributed by atoms with Gasteiger partial charge in [0, 0.05) is 12.2 Å². The van der Waals surface area contributed by atoms with Crippen molar-refractivity contribution in [2.75, 3.05) is 24.7 Å². The number of nitrogens with zero attached hydrogens (tertiary/aromatic N) is 2. The quantitative estimate of drug-likeness (QED) is 0.565. The van der Waals surface area contributed by atoms with E-state index < -0.39 is 0 Å². The topological polar surface area (TPSA) is 51.7 Å². The maximum atomic E-state index is 13.5. The molecular weight excluding hydrogens is 384 g/mol. The predicted octanol–water partition coefficient (Wildman–Crippen LogP) is 5.14. The Morgan fingerprint density at radius 3 is 2.76 bits per heavy atom. The Morgan fingerprint density at radius 2 is 2.07 bits per heavy atom. The molecule has 4 rings (SSSR count). The number of aryl methyl sites for hydroxylation is 2. The Morgan fingerprint density at radius 1 is 1.28 bits per heavy atom. The third-order valence-electron chi connectivity index (χ3n) is 5.03. The van der Waals surface area contributed by atoms with Gasteiger partial charge < -0.3 is 9.47 Å². The summed E-state index contributed by atoms with van der Waals surface area (Å²) in [6.07, 6.45) is 2.04. The highest BCUT2D eigenvalue weighted by atomic mass is 32.1. The van der Waals surface area contributed by atoms with Crippen molar-refractivity contribution in [2.24, 2.45) is 0 Å². The highest BCUT2D eigenvalue weighted by Crippen LogP contribution is 2.35. The molecule has 0 N–H and O–H groups in total. The maximum Gasteiger partial charge on any atom is 0.260 e. The molecular formula is C23H26N2O3S. The molecule has 2 heterocycles. The van der Waals surface area contributed by atoms with Crippen molar-refractivity contribution >= 4 is 32.6 Å². The number of amides is 1. The molecule has 5 nitrogen and oxygen atoms in total. The van der Waals surface area contributed by atoms with Crippen LogP contribution in [0, 0.1) is 13.8 Å². The second-order valence-corrected chi connectivity index (χ2v) is 8.47. The zero-order chi connectivity index (χ0) is 20.4. The molecule has 1 aliphatic heterocycles. The summed E-state index contributed by atoms with van der Waals surface area (Å²) in [7, 11) is 0. The van der Waals surface area contributed by atoms with E-state index in [0.717, 1.165) is 46.5 Å². The largest absolute Gasteiger partial charge is 0.492 e. The number of aromatic nitrogens is 1. The number of para-hydroxylation sites is 1. The number of thiazole rings is 1. The van der Waals surface area contributed by atoms with Gasteiger partial charge in [-0.25, -0.2) is 4.98 Å². The molecule has 0 aliphatic carbocycles. The van der Waals surface area contributed by atoms with Gasteiger partial charge in [0.1, 0.15) is 11.3 Å². The highest BCUT2D eigenvalue weighted by molar-refractivity contribution is 7.22. The summed E-state index contributed by atoms with van der Waals surface area (Å²) in [5.41, 5.74) is 3.64. The summed E-state index contributed by atoms with van der Waals surface area (Å²) in [4.78, 5) is 20.1. The minimum atomic E-state index is -0.0377. The van der Waals surface area contributed by atoms with Crippen LogP contribution in [-0.4, -0.2) is 36.8 Å². The van der Waals surface area contributed by atoms with Gasteiger partial charge >= 0.3 is 0 Å². The van der Waals surface area contributed by atoms with E-state index in [2.05, 4.69) is 6.07 Å². The molecule has 1 amide bonds. The fourth-order valence-corrected chi connectivity index (χ4v) is 4.78. The summed E-state index contributed by atoms with van der Waals surface area (Å²) < 4.78 is 12.6. The zero-order valence-corrected chi connectivity index (χ0v) is 17.9. The van der Waals surface area contributed by atoms with Gasteiger partial charge in [0.05, 0.1) is 24.0 Å². The van der Waals surface area contributed by atoms with Crippen LogP contribution in [0.4, 0.5) is 5.13 Å². The van der Waals surface area contributed by atoms with Crippen molar-refractivity contribution in [3.63, 3.8) is 0 Å². The van der Waals surface area contributed by atoms with Crippen molar-refractivity contribution in [1.29, 1.82) is 0 Å². The van der Waals surface area contributed by atoms with Gasteiger partial charge in [-0.3, -0.25) is 9.69 Å². The minimum absolute atomic E-state index is 0.0377. The number of fused-ring (bicyclic) bond motifs is 1. The van der Waals surface area contributed by atoms with E-state index >= 15 is 0 Å². The summed E-state index contributed by atoms with van der Waals surface area (Å²) in [5.74, 6) is 0.715. The average molecular weight is 411 g/mol. The number of anilines is 1. The first kappa shape index (κ1) is 19.9. The monoisotopic (exact) mass is 410 g/mol. The molecule has 1 saturated heterocycles. The molecule has 1 atom stereocenters. The Labute approximate surface area is 175 Å². The number of ether oxygens (including phenoxy) is 2. The van der Waals surface area contributed by atoms with Gasteiger partial charge in [-0.1, -0.05) is 34.6 Å². The van der Waals surface area contributed by atoms with E-state index in [1.807, 2.05) is 51.1 Å². The smallest absolute Gasteiger partial charge is 0.260 e. The Bertz CT molecular complexity index is 1000. The third kappa shape index (κ3) is 4.28. The summed E-state index contributed by atoms with van der Waals surface area (Å²) >= 11 is 1.52. The van der Waals surface area contributed by atoms with E-state index in [-0.39, 0.29) is 12.0 Å². The van der Waals surface area contributed by atoms with E-state index in [0.29, 0.717) is 23.8 Å². The van der Waals surface area contributed by atoms with Crippen LogP contribution in [-0.2, 0) is 4.74 Å². The van der Waals surface area contributed by atoms with Crippen molar-refractivity contribution < 1.29 is 14.3 Å². The lowest BCUT2D eigenvalue weighted by atomic mass is 10.1. The van der Waals surface area contributed by atoms with Gasteiger partial charge in [-0.05, 0) is 57.9 Å². The fraction of sp³-hybridized carbons (Fsp3) is 0.391. The minimum Gasteiger partial charge on any atom is -0.492 e. The lowest BCUT2D eigenvalue weighted by Gasteiger charge is -2.23. The van der Waals surface area contributed by atoms with Crippen LogP contribution < -0.4 is 9.64 Å². The molecule has 0 radical (unpaired) electrons. The van der Waals surface area contributed by atoms with Gasteiger partial charge in [-0.15, -0.1) is 0 Å². The van der Waals surface area contributed by atoms with E-state index in [1.54, 1.807) is 4.90 Å². The van der Waals surface area contributed by atoms with Crippen molar-refractivity contribution in [3.8, 4) is 5.75 Å². The second kappa shape index (κ2) is 8.51. The van der Waals surface area contributed by atoms with Crippen LogP contribution in [0.5, 0.6) is 5.75 Å². The van der Waals surface area contributed by atoms with Crippen molar-refractivity contribution in [3.05, 3.63) is 53.1 Å². The van der Waals surface area contributed by atoms with E-state index in [9.17, 15) is 4.79 Å². The summed E-state index contributed by atoms with van der Waals surface area (Å²) in [5, 5.41) is 0.687. The van der Waals surface area contributed by atoms with Gasteiger partial charge in [0.2, 0.25) is 0 Å². The molecule has 6 heteroatoms. The summed E-state index contributed by atoms with van der Waals surface area (Å²) in [6.45, 7) is 7.83. The van der Waals surface area contributed by atoms with E-state index in [4.69, 9.17) is 14.5 Å². The highest BCUT2D eigenvalue weighted by Gasteiger charge is 2.27. The number of rotatable bonds is 6. The van der Waals surface area contributed by atoms with Crippen molar-refractivity contribution in [2.45, 2.75) is 39.7 Å². The predicted molar refractivity (Wildman–Crippen MR) is 117 cm³/mol. The molecule has 1 aromatic heterocycles. The molecule has 0 bridgehead atoms. The third-order valence-corrected chi connectivity index (χ3v) is 6.07. The number of carbonyl (C=O) groups is 1. The average Bonchev–Trinajstić information content (AvgIpc) is 3.35. The number of hydrogen-bond donors (Lipinski definition) is 0. The first-order valence-electron chi connectivity index (χ1n) is 10.1. The molecule has 0 saturated carbocycles. The molecule has 2 aromatic carbocycles. The standard InChI is InChI=1S/C23H26N2O3S/c1-4-27-19-8-5-9-20-21(19)24-23(29-20)25(14-18-7-6-10-28-18)22(26)17-12-15(2)11-16(3)13-17/h5,8-9,11-13,18H,4,6-7,10,14H2,1-3H3. The van der Waals surface area contributed by atoms with Gasteiger partial charge in [0.25, 0.3) is 5.91 Å². The van der Waals surface area contributed by atoms with E-state index in [1.165, 1.54) is 11.3 Å². The maximum absolute atomic E-state index is 13.5. The normalized spacial score (nSPS) is 16.3. The lowest BCUT2D eigenvalue weighted by molar-refractivity contribution is 0.0917. The lowest BCUT2D eigenvalue weighted by Crippen LogP contribution is -2.37. The summed E-state index contributed by atoms with van der Waals surface area (Å²) in [6, 6.07) is 11.9. The van der Waals surface area contributed by atoms with Crippen LogP contribution in [0.1, 0.15) is 41.3 Å². The van der Waals surface area contributed by atoms with Crippen LogP contribution in [0.3, 0.4) is 0 Å². The second-order valence-electron chi connectivity index (χ2n) is 7.46. The van der Waals surface area contributed by atoms with Gasteiger partial charge in [0.15, 0.2) is 5.13 Å². The van der Waals surface area contributed by atoms with Crippen LogP contribution in [0.15, 0.2) is 36.4 Å². The molecule has 1 aliphatic rings. The fourth-order valence-electron chi connectivity index (χ4n) is 3.79. The number of hydrogen-bond acceptors (Lipinski definition) is 5. The Kier molecular flexibility index (Phi) is 5.83. The molecule has 1 fully saturated rings. The first-order chi connectivity index (χ1) is 14.0. The van der Waals surface area contributed by atoms with Crippen LogP contribution in [0.25, 0.3) is 10.2 Å². The van der Waals surface area contributed by atoms with Crippen LogP contribution >= 0.6 is 11.3 Å². The number of carbonyl (C=O) groups excluding carboxylic acids is 1. The molecule has 0 spiro atoms. The molecule has 1 unspecified atom stereocenters. The Balaban J connectivity index is 1.74. The van der Waals surface area contributed by atoms with Crippen LogP contribution in [0.2, 0.25) is 0 Å². The molecule has 29 heavy (non-hydrogen) atoms. The Hall–Kier alpha value is -2.44. The zero-order valence-electron chi connectivity index (χ0n) is 17.1. The number of benzene rings is 2. The first-order valence-corrected chi connectivity index (χ1v) is 10.9. The SMILES string of the molecule is CCOc1cccc2sc(N(CC3CCCO3)C(=O)c3cc(C)cc(C)c3)nc12. The van der Waals surface area contributed by atoms with Crippen molar-refractivity contribution in [1.82, 2.24) is 4.98 Å². The molecule has 3 aromatic rings. The van der Waals surface area contributed by atoms with Gasteiger partial charge in [-0.2, -0.15) is 0 Å². The molecule has 152 valence electrons.